The molecule has 2 unspecified atom stereocenters. The van der Waals surface area contributed by atoms with Crippen LogP contribution in [0.3, 0.4) is 0 Å². The highest BCUT2D eigenvalue weighted by atomic mass is 32.2. The lowest BCUT2D eigenvalue weighted by molar-refractivity contribution is 0.382. The van der Waals surface area contributed by atoms with Crippen molar-refractivity contribution in [2.75, 3.05) is 12.0 Å². The summed E-state index contributed by atoms with van der Waals surface area (Å²) in [7, 11) is -2.94. The van der Waals surface area contributed by atoms with Crippen molar-refractivity contribution in [1.82, 2.24) is 5.32 Å². The quantitative estimate of drug-likeness (QED) is 0.829. The molecule has 0 aromatic carbocycles. The summed E-state index contributed by atoms with van der Waals surface area (Å²) < 4.78 is 27.6. The molecule has 1 aromatic heterocycles. The fourth-order valence-corrected chi connectivity index (χ4v) is 2.74. The molecule has 0 aliphatic heterocycles. The van der Waals surface area contributed by atoms with Crippen LogP contribution in [0.25, 0.3) is 0 Å². The lowest BCUT2D eigenvalue weighted by atomic mass is 10.1. The van der Waals surface area contributed by atoms with Gasteiger partial charge in [0, 0.05) is 12.3 Å². The highest BCUT2D eigenvalue weighted by molar-refractivity contribution is 7.90. The van der Waals surface area contributed by atoms with Crippen LogP contribution in [0.5, 0.6) is 0 Å². The van der Waals surface area contributed by atoms with E-state index in [9.17, 15) is 8.42 Å². The van der Waals surface area contributed by atoms with Crippen molar-refractivity contribution in [3.8, 4) is 0 Å². The van der Waals surface area contributed by atoms with Crippen molar-refractivity contribution in [2.24, 2.45) is 0 Å². The second kappa shape index (κ2) is 5.50. The second-order valence-corrected chi connectivity index (χ2v) is 6.32. The molecule has 1 aromatic rings. The van der Waals surface area contributed by atoms with Gasteiger partial charge in [0.25, 0.3) is 0 Å². The van der Waals surface area contributed by atoms with Gasteiger partial charge in [0.05, 0.1) is 18.1 Å². The molecule has 0 amide bonds. The monoisotopic (exact) mass is 245 g/mol. The normalized spacial score (nSPS) is 15.9. The zero-order chi connectivity index (χ0) is 12.2. The summed E-state index contributed by atoms with van der Waals surface area (Å²) in [6.45, 7) is 3.90. The molecule has 16 heavy (non-hydrogen) atoms. The third-order valence-corrected chi connectivity index (χ3v) is 3.44. The Hall–Kier alpha value is -0.810. The Balaban J connectivity index is 2.58. The average molecular weight is 245 g/mol. The number of nitrogens with one attached hydrogen (secondary N) is 1. The Bertz CT molecular complexity index is 397. The first-order valence-corrected chi connectivity index (χ1v) is 7.45. The van der Waals surface area contributed by atoms with E-state index in [0.717, 1.165) is 12.2 Å². The minimum absolute atomic E-state index is 0.0757. The molecule has 0 aliphatic rings. The fourth-order valence-electron chi connectivity index (χ4n) is 1.74. The molecular weight excluding hydrogens is 226 g/mol. The summed E-state index contributed by atoms with van der Waals surface area (Å²) in [4.78, 5) is 0. The van der Waals surface area contributed by atoms with Gasteiger partial charge in [0.15, 0.2) is 0 Å². The molecule has 1 N–H and O–H groups in total. The Kier molecular flexibility index (Phi) is 4.56. The summed E-state index contributed by atoms with van der Waals surface area (Å²) in [5, 5.41) is 3.25. The van der Waals surface area contributed by atoms with Crippen LogP contribution in [0.15, 0.2) is 22.8 Å². The molecule has 5 heteroatoms. The molecular formula is C11H19NO3S. The maximum Gasteiger partial charge on any atom is 0.148 e. The zero-order valence-corrected chi connectivity index (χ0v) is 10.8. The van der Waals surface area contributed by atoms with Crippen LogP contribution in [0.1, 0.15) is 32.1 Å². The first kappa shape index (κ1) is 13.3. The van der Waals surface area contributed by atoms with Gasteiger partial charge in [-0.1, -0.05) is 6.92 Å². The zero-order valence-electron chi connectivity index (χ0n) is 9.93. The summed E-state index contributed by atoms with van der Waals surface area (Å²) in [6.07, 6.45) is 3.74. The van der Waals surface area contributed by atoms with Gasteiger partial charge in [0.1, 0.15) is 15.6 Å². The molecule has 0 radical (unpaired) electrons. The first-order chi connectivity index (χ1) is 7.42. The first-order valence-electron chi connectivity index (χ1n) is 5.39. The van der Waals surface area contributed by atoms with Gasteiger partial charge in [-0.2, -0.15) is 0 Å². The molecule has 0 fully saturated rings. The SMILES string of the molecule is CCC(NC(C)CS(C)(=O)=O)c1ccco1. The number of hydrogen-bond donors (Lipinski definition) is 1. The number of hydrogen-bond acceptors (Lipinski definition) is 4. The van der Waals surface area contributed by atoms with E-state index in [0.29, 0.717) is 0 Å². The number of sulfone groups is 1. The van der Waals surface area contributed by atoms with E-state index in [1.54, 1.807) is 6.26 Å². The van der Waals surface area contributed by atoms with E-state index in [-0.39, 0.29) is 17.8 Å². The summed E-state index contributed by atoms with van der Waals surface area (Å²) >= 11 is 0. The van der Waals surface area contributed by atoms with Crippen molar-refractivity contribution in [1.29, 1.82) is 0 Å². The van der Waals surface area contributed by atoms with Crippen LogP contribution in [0, 0.1) is 0 Å². The van der Waals surface area contributed by atoms with Gasteiger partial charge in [-0.3, -0.25) is 0 Å². The third-order valence-electron chi connectivity index (χ3n) is 2.33. The minimum atomic E-state index is -2.94. The van der Waals surface area contributed by atoms with Crippen molar-refractivity contribution in [3.63, 3.8) is 0 Å². The van der Waals surface area contributed by atoms with Gasteiger partial charge in [-0.15, -0.1) is 0 Å². The maximum atomic E-state index is 11.1. The Morgan fingerprint density at radius 3 is 2.62 bits per heavy atom. The molecule has 1 heterocycles. The van der Waals surface area contributed by atoms with Crippen LogP contribution >= 0.6 is 0 Å². The van der Waals surface area contributed by atoms with E-state index in [4.69, 9.17) is 4.42 Å². The smallest absolute Gasteiger partial charge is 0.148 e. The van der Waals surface area contributed by atoms with Crippen LogP contribution < -0.4 is 5.32 Å². The maximum absolute atomic E-state index is 11.1. The predicted molar refractivity (Wildman–Crippen MR) is 64.0 cm³/mol. The molecule has 1 rings (SSSR count). The highest BCUT2D eigenvalue weighted by Gasteiger charge is 2.17. The van der Waals surface area contributed by atoms with Gasteiger partial charge in [-0.25, -0.2) is 8.42 Å². The molecule has 92 valence electrons. The van der Waals surface area contributed by atoms with Crippen molar-refractivity contribution < 1.29 is 12.8 Å². The molecule has 0 saturated heterocycles. The molecule has 0 bridgehead atoms. The Morgan fingerprint density at radius 2 is 2.19 bits per heavy atom. The van der Waals surface area contributed by atoms with Crippen molar-refractivity contribution in [3.05, 3.63) is 24.2 Å². The largest absolute Gasteiger partial charge is 0.468 e. The van der Waals surface area contributed by atoms with Crippen LogP contribution in [-0.2, 0) is 9.84 Å². The summed E-state index contributed by atoms with van der Waals surface area (Å²) in [6, 6.07) is 3.73. The predicted octanol–water partition coefficient (Wildman–Crippen LogP) is 1.75. The van der Waals surface area contributed by atoms with E-state index >= 15 is 0 Å². The van der Waals surface area contributed by atoms with E-state index < -0.39 is 9.84 Å². The third kappa shape index (κ3) is 4.37. The fraction of sp³-hybridized carbons (Fsp3) is 0.636. The minimum Gasteiger partial charge on any atom is -0.468 e. The summed E-state index contributed by atoms with van der Waals surface area (Å²) in [5.74, 6) is 0.993. The highest BCUT2D eigenvalue weighted by Crippen LogP contribution is 2.17. The number of furan rings is 1. The topological polar surface area (TPSA) is 59.3 Å². The Labute approximate surface area is 97.0 Å². The average Bonchev–Trinajstić information content (AvgIpc) is 2.63. The molecule has 4 nitrogen and oxygen atoms in total. The van der Waals surface area contributed by atoms with Crippen molar-refractivity contribution >= 4 is 9.84 Å². The van der Waals surface area contributed by atoms with Gasteiger partial charge >= 0.3 is 0 Å². The lowest BCUT2D eigenvalue weighted by Crippen LogP contribution is -2.35. The van der Waals surface area contributed by atoms with Crippen molar-refractivity contribution in [2.45, 2.75) is 32.4 Å². The summed E-state index contributed by atoms with van der Waals surface area (Å²) in [5.41, 5.74) is 0. The van der Waals surface area contributed by atoms with E-state index in [1.165, 1.54) is 6.26 Å². The van der Waals surface area contributed by atoms with Crippen LogP contribution in [0.2, 0.25) is 0 Å². The lowest BCUT2D eigenvalue weighted by Gasteiger charge is -2.19. The van der Waals surface area contributed by atoms with Crippen LogP contribution in [-0.4, -0.2) is 26.5 Å². The number of rotatable bonds is 6. The van der Waals surface area contributed by atoms with Gasteiger partial charge in [-0.05, 0) is 25.5 Å². The molecule has 0 spiro atoms. The Morgan fingerprint density at radius 1 is 1.50 bits per heavy atom. The van der Waals surface area contributed by atoms with Crippen LogP contribution in [0.4, 0.5) is 0 Å². The molecule has 0 aliphatic carbocycles. The molecule has 0 saturated carbocycles. The molecule has 2 atom stereocenters. The van der Waals surface area contributed by atoms with Gasteiger partial charge < -0.3 is 9.73 Å². The van der Waals surface area contributed by atoms with E-state index in [2.05, 4.69) is 5.32 Å². The van der Waals surface area contributed by atoms with E-state index in [1.807, 2.05) is 26.0 Å². The van der Waals surface area contributed by atoms with Gasteiger partial charge in [0.2, 0.25) is 0 Å². The standard InChI is InChI=1S/C11H19NO3S/c1-4-10(11-6-5-7-15-11)12-9(2)8-16(3,13)14/h5-7,9-10,12H,4,8H2,1-3H3. The second-order valence-electron chi connectivity index (χ2n) is 4.14.